The van der Waals surface area contributed by atoms with E-state index in [1.54, 1.807) is 11.0 Å². The summed E-state index contributed by atoms with van der Waals surface area (Å²) in [6, 6.07) is 4.70. The number of amides is 1. The molecule has 6 rings (SSSR count). The van der Waals surface area contributed by atoms with Gasteiger partial charge in [0.2, 0.25) is 5.91 Å². The van der Waals surface area contributed by atoms with E-state index < -0.39 is 5.54 Å². The highest BCUT2D eigenvalue weighted by Crippen LogP contribution is 2.36. The number of anilines is 2. The number of nitrogens with one attached hydrogen (secondary N) is 1. The van der Waals surface area contributed by atoms with Crippen LogP contribution < -0.4 is 21.7 Å². The molecule has 1 unspecified atom stereocenters. The first-order valence-corrected chi connectivity index (χ1v) is 12.8. The molecule has 4 heterocycles. The minimum atomic E-state index is -0.917. The molecule has 11 nitrogen and oxygen atoms in total. The van der Waals surface area contributed by atoms with E-state index in [0.717, 1.165) is 41.6 Å². The van der Waals surface area contributed by atoms with Crippen LogP contribution in [0.25, 0.3) is 22.3 Å². The van der Waals surface area contributed by atoms with Gasteiger partial charge in [-0.15, -0.1) is 0 Å². The van der Waals surface area contributed by atoms with Crippen LogP contribution in [0.15, 0.2) is 37.2 Å². The normalized spacial score (nSPS) is 19.6. The van der Waals surface area contributed by atoms with E-state index in [-0.39, 0.29) is 11.9 Å². The Kier molecular flexibility index (Phi) is 5.59. The van der Waals surface area contributed by atoms with Gasteiger partial charge in [0, 0.05) is 43.6 Å². The van der Waals surface area contributed by atoms with Crippen LogP contribution >= 0.6 is 0 Å². The summed E-state index contributed by atoms with van der Waals surface area (Å²) in [4.78, 5) is 28.2. The number of nitrogens with two attached hydrogens (primary N) is 2. The Balaban J connectivity index is 1.42. The topological polar surface area (TPSA) is 146 Å². The largest absolute Gasteiger partial charge is 0.382 e. The number of nitrogen functional groups attached to an aromatic ring is 1. The molecule has 0 radical (unpaired) electrons. The Bertz CT molecular complexity index is 1490. The molecule has 2 fully saturated rings. The molecule has 1 aliphatic carbocycles. The van der Waals surface area contributed by atoms with Gasteiger partial charge in [0.05, 0.1) is 19.1 Å². The Morgan fingerprint density at radius 3 is 2.78 bits per heavy atom. The number of benzene rings is 1. The van der Waals surface area contributed by atoms with Gasteiger partial charge in [0.15, 0.2) is 11.5 Å². The molecule has 2 aliphatic rings. The number of imidazole rings is 1. The van der Waals surface area contributed by atoms with Crippen LogP contribution in [0.5, 0.6) is 0 Å². The van der Waals surface area contributed by atoms with Crippen molar-refractivity contribution >= 4 is 28.6 Å². The first kappa shape index (κ1) is 23.4. The van der Waals surface area contributed by atoms with Crippen molar-refractivity contribution in [3.05, 3.63) is 48.3 Å². The molecule has 3 aromatic heterocycles. The van der Waals surface area contributed by atoms with Crippen LogP contribution in [0.1, 0.15) is 37.3 Å². The highest BCUT2D eigenvalue weighted by molar-refractivity contribution is 5.88. The Hall–Kier alpha value is -3.99. The van der Waals surface area contributed by atoms with Crippen molar-refractivity contribution in [2.75, 3.05) is 23.7 Å². The SMILES string of the molecule is CCc1cc(-c2cnn(C)c2)cc(N2CCC(N)(C(=O)NC3CC3)C2)c1Cn1cnc2c(N)ncnc21. The van der Waals surface area contributed by atoms with Gasteiger partial charge in [-0.25, -0.2) is 15.0 Å². The second-order valence-corrected chi connectivity index (χ2v) is 10.3. The van der Waals surface area contributed by atoms with Crippen molar-refractivity contribution in [3.8, 4) is 11.1 Å². The molecule has 0 bridgehead atoms. The van der Waals surface area contributed by atoms with E-state index in [1.807, 2.05) is 24.0 Å². The first-order valence-electron chi connectivity index (χ1n) is 12.8. The standard InChI is InChI=1S/C26H32N10O/c1-3-16-8-17(18-10-32-34(2)11-18)9-21(35-7-6-26(28,13-35)25(37)33-19-4-5-19)20(16)12-36-15-31-22-23(27)29-14-30-24(22)36/h8-11,14-15,19H,3-7,12-13,28H2,1-2H3,(H,33,37)(H2,27,29,30). The molecule has 1 aromatic carbocycles. The predicted octanol–water partition coefficient (Wildman–Crippen LogP) is 1.61. The molecule has 192 valence electrons. The molecule has 1 amide bonds. The third-order valence-electron chi connectivity index (χ3n) is 7.50. The highest BCUT2D eigenvalue weighted by atomic mass is 16.2. The van der Waals surface area contributed by atoms with E-state index in [9.17, 15) is 4.79 Å². The molecule has 5 N–H and O–H groups in total. The lowest BCUT2D eigenvalue weighted by molar-refractivity contribution is -0.125. The molecule has 1 saturated heterocycles. The molecule has 1 atom stereocenters. The summed E-state index contributed by atoms with van der Waals surface area (Å²) in [5.41, 5.74) is 18.6. The number of hydrogen-bond acceptors (Lipinski definition) is 8. The van der Waals surface area contributed by atoms with Crippen LogP contribution in [-0.2, 0) is 24.8 Å². The van der Waals surface area contributed by atoms with Crippen molar-refractivity contribution in [1.29, 1.82) is 0 Å². The third kappa shape index (κ3) is 4.29. The molecule has 1 saturated carbocycles. The molecular weight excluding hydrogens is 468 g/mol. The van der Waals surface area contributed by atoms with Crippen molar-refractivity contribution < 1.29 is 4.79 Å². The molecule has 4 aromatic rings. The Morgan fingerprint density at radius 1 is 1.22 bits per heavy atom. The fraction of sp³-hybridized carbons (Fsp3) is 0.423. The number of carbonyl (C=O) groups is 1. The van der Waals surface area contributed by atoms with Gasteiger partial charge in [0.1, 0.15) is 17.4 Å². The predicted molar refractivity (Wildman–Crippen MR) is 142 cm³/mol. The van der Waals surface area contributed by atoms with E-state index >= 15 is 0 Å². The van der Waals surface area contributed by atoms with Gasteiger partial charge in [0.25, 0.3) is 0 Å². The number of aryl methyl sites for hydroxylation is 2. The fourth-order valence-corrected chi connectivity index (χ4v) is 5.20. The average Bonchev–Trinajstić information content (AvgIpc) is 3.24. The molecule has 1 aliphatic heterocycles. The number of rotatable bonds is 7. The zero-order valence-corrected chi connectivity index (χ0v) is 21.2. The quantitative estimate of drug-likeness (QED) is 0.347. The van der Waals surface area contributed by atoms with Crippen LogP contribution in [0.4, 0.5) is 11.5 Å². The second kappa shape index (κ2) is 8.84. The smallest absolute Gasteiger partial charge is 0.242 e. The van der Waals surface area contributed by atoms with Crippen LogP contribution in [0.3, 0.4) is 0 Å². The average molecular weight is 501 g/mol. The lowest BCUT2D eigenvalue weighted by Gasteiger charge is -2.28. The van der Waals surface area contributed by atoms with Gasteiger partial charge < -0.3 is 26.3 Å². The lowest BCUT2D eigenvalue weighted by Crippen LogP contribution is -2.56. The van der Waals surface area contributed by atoms with Crippen molar-refractivity contribution in [1.82, 2.24) is 34.6 Å². The summed E-state index contributed by atoms with van der Waals surface area (Å²) in [7, 11) is 1.92. The maximum atomic E-state index is 13.0. The van der Waals surface area contributed by atoms with Gasteiger partial charge >= 0.3 is 0 Å². The Morgan fingerprint density at radius 2 is 2.05 bits per heavy atom. The second-order valence-electron chi connectivity index (χ2n) is 10.3. The van der Waals surface area contributed by atoms with E-state index in [1.165, 1.54) is 11.9 Å². The van der Waals surface area contributed by atoms with E-state index in [0.29, 0.717) is 43.0 Å². The van der Waals surface area contributed by atoms with Crippen molar-refractivity contribution in [2.45, 2.75) is 50.7 Å². The Labute approximate surface area is 214 Å². The van der Waals surface area contributed by atoms with Crippen molar-refractivity contribution in [2.24, 2.45) is 12.8 Å². The summed E-state index contributed by atoms with van der Waals surface area (Å²) in [5.74, 6) is 0.312. The first-order chi connectivity index (χ1) is 17.8. The molecule has 0 spiro atoms. The fourth-order valence-electron chi connectivity index (χ4n) is 5.20. The highest BCUT2D eigenvalue weighted by Gasteiger charge is 2.43. The van der Waals surface area contributed by atoms with E-state index in [4.69, 9.17) is 11.5 Å². The third-order valence-corrected chi connectivity index (χ3v) is 7.50. The number of hydrogen-bond donors (Lipinski definition) is 3. The number of nitrogens with zero attached hydrogens (tertiary/aromatic N) is 7. The molecular formula is C26H32N10O. The number of aromatic nitrogens is 6. The maximum Gasteiger partial charge on any atom is 0.242 e. The monoisotopic (exact) mass is 500 g/mol. The summed E-state index contributed by atoms with van der Waals surface area (Å²) in [5, 5.41) is 7.48. The maximum absolute atomic E-state index is 13.0. The van der Waals surface area contributed by atoms with E-state index in [2.05, 4.69) is 49.3 Å². The molecule has 37 heavy (non-hydrogen) atoms. The minimum absolute atomic E-state index is 0.0500. The minimum Gasteiger partial charge on any atom is -0.382 e. The summed E-state index contributed by atoms with van der Waals surface area (Å²) in [6.45, 7) is 3.86. The van der Waals surface area contributed by atoms with Crippen LogP contribution in [-0.4, -0.2) is 59.9 Å². The summed E-state index contributed by atoms with van der Waals surface area (Å²) < 4.78 is 3.81. The molecule has 11 heteroatoms. The zero-order valence-electron chi connectivity index (χ0n) is 21.2. The van der Waals surface area contributed by atoms with Crippen molar-refractivity contribution in [3.63, 3.8) is 0 Å². The number of carbonyl (C=O) groups excluding carboxylic acids is 1. The summed E-state index contributed by atoms with van der Waals surface area (Å²) >= 11 is 0. The van der Waals surface area contributed by atoms with Gasteiger partial charge in [-0.2, -0.15) is 5.10 Å². The van der Waals surface area contributed by atoms with Crippen LogP contribution in [0, 0.1) is 0 Å². The van der Waals surface area contributed by atoms with Gasteiger partial charge in [-0.3, -0.25) is 9.48 Å². The van der Waals surface area contributed by atoms with Gasteiger partial charge in [-0.1, -0.05) is 13.0 Å². The summed E-state index contributed by atoms with van der Waals surface area (Å²) in [6.07, 6.45) is 10.6. The van der Waals surface area contributed by atoms with Crippen LogP contribution in [0.2, 0.25) is 0 Å². The number of fused-ring (bicyclic) bond motifs is 1. The van der Waals surface area contributed by atoms with Gasteiger partial charge in [-0.05, 0) is 48.4 Å². The zero-order chi connectivity index (χ0) is 25.7. The lowest BCUT2D eigenvalue weighted by atomic mass is 9.96.